The van der Waals surface area contributed by atoms with E-state index in [9.17, 15) is 0 Å². The Morgan fingerprint density at radius 3 is 2.75 bits per heavy atom. The van der Waals surface area contributed by atoms with Crippen molar-refractivity contribution in [2.75, 3.05) is 26.2 Å². The smallest absolute Gasteiger partial charge is 0.0594 e. The molecule has 16 heavy (non-hydrogen) atoms. The van der Waals surface area contributed by atoms with Crippen LogP contribution in [0.3, 0.4) is 0 Å². The van der Waals surface area contributed by atoms with E-state index in [0.29, 0.717) is 12.1 Å². The number of ether oxygens (including phenoxy) is 1. The normalized spacial score (nSPS) is 27.6. The highest BCUT2D eigenvalue weighted by molar-refractivity contribution is 4.82. The van der Waals surface area contributed by atoms with E-state index < -0.39 is 0 Å². The summed E-state index contributed by atoms with van der Waals surface area (Å²) in [5, 5.41) is 3.60. The molecule has 2 atom stereocenters. The number of likely N-dealkylation sites (tertiary alicyclic amines) is 1. The SMILES string of the molecule is CCN1CCC(NCCOC(C)C)CC1C. The van der Waals surface area contributed by atoms with Gasteiger partial charge in [-0.05, 0) is 46.7 Å². The summed E-state index contributed by atoms with van der Waals surface area (Å²) in [7, 11) is 0. The van der Waals surface area contributed by atoms with E-state index in [1.165, 1.54) is 25.9 Å². The van der Waals surface area contributed by atoms with Gasteiger partial charge in [-0.25, -0.2) is 0 Å². The van der Waals surface area contributed by atoms with Crippen molar-refractivity contribution in [1.29, 1.82) is 0 Å². The van der Waals surface area contributed by atoms with Gasteiger partial charge in [-0.2, -0.15) is 0 Å². The van der Waals surface area contributed by atoms with Crippen LogP contribution in [0.5, 0.6) is 0 Å². The van der Waals surface area contributed by atoms with E-state index in [1.807, 2.05) is 0 Å². The van der Waals surface area contributed by atoms with Crippen LogP contribution in [-0.4, -0.2) is 49.3 Å². The predicted octanol–water partition coefficient (Wildman–Crippen LogP) is 1.87. The van der Waals surface area contributed by atoms with Gasteiger partial charge in [-0.1, -0.05) is 6.92 Å². The van der Waals surface area contributed by atoms with Crippen molar-refractivity contribution < 1.29 is 4.74 Å². The number of nitrogens with zero attached hydrogens (tertiary/aromatic N) is 1. The van der Waals surface area contributed by atoms with Crippen LogP contribution >= 0.6 is 0 Å². The van der Waals surface area contributed by atoms with Gasteiger partial charge in [0.2, 0.25) is 0 Å². The average molecular weight is 228 g/mol. The van der Waals surface area contributed by atoms with Crippen molar-refractivity contribution in [1.82, 2.24) is 10.2 Å². The topological polar surface area (TPSA) is 24.5 Å². The second-order valence-electron chi connectivity index (χ2n) is 5.07. The van der Waals surface area contributed by atoms with Crippen LogP contribution in [0.2, 0.25) is 0 Å². The quantitative estimate of drug-likeness (QED) is 0.703. The summed E-state index contributed by atoms with van der Waals surface area (Å²) >= 11 is 0. The molecule has 0 aromatic heterocycles. The second-order valence-corrected chi connectivity index (χ2v) is 5.07. The molecule has 3 heteroatoms. The molecule has 0 aromatic carbocycles. The first-order valence-corrected chi connectivity index (χ1v) is 6.72. The highest BCUT2D eigenvalue weighted by Gasteiger charge is 2.23. The minimum absolute atomic E-state index is 0.350. The Morgan fingerprint density at radius 2 is 2.19 bits per heavy atom. The molecule has 0 aromatic rings. The molecule has 0 spiro atoms. The lowest BCUT2D eigenvalue weighted by molar-refractivity contribution is 0.0747. The van der Waals surface area contributed by atoms with Gasteiger partial charge >= 0.3 is 0 Å². The zero-order chi connectivity index (χ0) is 12.0. The summed E-state index contributed by atoms with van der Waals surface area (Å²) in [5.74, 6) is 0. The summed E-state index contributed by atoms with van der Waals surface area (Å²) in [6.45, 7) is 13.0. The average Bonchev–Trinajstić information content (AvgIpc) is 2.24. The third-order valence-electron chi connectivity index (χ3n) is 3.41. The van der Waals surface area contributed by atoms with Crippen molar-refractivity contribution in [3.63, 3.8) is 0 Å². The van der Waals surface area contributed by atoms with E-state index in [0.717, 1.165) is 19.2 Å². The molecule has 1 fully saturated rings. The van der Waals surface area contributed by atoms with Crippen molar-refractivity contribution in [2.45, 2.75) is 58.7 Å². The number of rotatable bonds is 6. The first kappa shape index (κ1) is 13.9. The Bertz CT molecular complexity index is 185. The maximum absolute atomic E-state index is 5.53. The first-order chi connectivity index (χ1) is 7.63. The van der Waals surface area contributed by atoms with Crippen LogP contribution in [0.1, 0.15) is 40.5 Å². The number of piperidine rings is 1. The molecule has 1 saturated heterocycles. The Morgan fingerprint density at radius 1 is 1.44 bits per heavy atom. The fourth-order valence-electron chi connectivity index (χ4n) is 2.43. The maximum atomic E-state index is 5.53. The lowest BCUT2D eigenvalue weighted by atomic mass is 9.98. The molecule has 3 nitrogen and oxygen atoms in total. The maximum Gasteiger partial charge on any atom is 0.0594 e. The predicted molar refractivity (Wildman–Crippen MR) is 68.8 cm³/mol. The lowest BCUT2D eigenvalue weighted by Gasteiger charge is -2.37. The summed E-state index contributed by atoms with van der Waals surface area (Å²) in [4.78, 5) is 2.56. The van der Waals surface area contributed by atoms with Gasteiger partial charge in [0.1, 0.15) is 0 Å². The molecule has 1 aliphatic rings. The minimum atomic E-state index is 0.350. The Hall–Kier alpha value is -0.120. The Balaban J connectivity index is 2.10. The minimum Gasteiger partial charge on any atom is -0.377 e. The molecule has 0 radical (unpaired) electrons. The number of nitrogens with one attached hydrogen (secondary N) is 1. The van der Waals surface area contributed by atoms with E-state index in [2.05, 4.69) is 37.9 Å². The zero-order valence-corrected chi connectivity index (χ0v) is 11.3. The van der Waals surface area contributed by atoms with Crippen LogP contribution in [0.4, 0.5) is 0 Å². The molecule has 1 rings (SSSR count). The summed E-state index contributed by atoms with van der Waals surface area (Å²) in [6.07, 6.45) is 2.90. The van der Waals surface area contributed by atoms with E-state index >= 15 is 0 Å². The van der Waals surface area contributed by atoms with Gasteiger partial charge in [-0.3, -0.25) is 0 Å². The molecular formula is C13H28N2O. The number of hydrogen-bond acceptors (Lipinski definition) is 3. The molecule has 0 saturated carbocycles. The fourth-order valence-corrected chi connectivity index (χ4v) is 2.43. The van der Waals surface area contributed by atoms with Crippen molar-refractivity contribution in [2.24, 2.45) is 0 Å². The molecule has 2 unspecified atom stereocenters. The van der Waals surface area contributed by atoms with Gasteiger partial charge < -0.3 is 15.0 Å². The second kappa shape index (κ2) is 7.25. The van der Waals surface area contributed by atoms with Gasteiger partial charge in [0, 0.05) is 18.6 Å². The first-order valence-electron chi connectivity index (χ1n) is 6.72. The lowest BCUT2D eigenvalue weighted by Crippen LogP contribution is -2.47. The highest BCUT2D eigenvalue weighted by Crippen LogP contribution is 2.16. The van der Waals surface area contributed by atoms with Gasteiger partial charge in [0.15, 0.2) is 0 Å². The van der Waals surface area contributed by atoms with Crippen molar-refractivity contribution >= 4 is 0 Å². The van der Waals surface area contributed by atoms with Gasteiger partial charge in [0.25, 0.3) is 0 Å². The van der Waals surface area contributed by atoms with Crippen LogP contribution in [0, 0.1) is 0 Å². The standard InChI is InChI=1S/C13H28N2O/c1-5-15-8-6-13(10-12(15)4)14-7-9-16-11(2)3/h11-14H,5-10H2,1-4H3. The summed E-state index contributed by atoms with van der Waals surface area (Å²) in [6, 6.07) is 1.41. The van der Waals surface area contributed by atoms with Crippen molar-refractivity contribution in [3.05, 3.63) is 0 Å². The highest BCUT2D eigenvalue weighted by atomic mass is 16.5. The van der Waals surface area contributed by atoms with Crippen LogP contribution in [0.25, 0.3) is 0 Å². The van der Waals surface area contributed by atoms with E-state index in [-0.39, 0.29) is 0 Å². The van der Waals surface area contributed by atoms with E-state index in [4.69, 9.17) is 4.74 Å². The Labute approximate surface area is 101 Å². The van der Waals surface area contributed by atoms with E-state index in [1.54, 1.807) is 0 Å². The van der Waals surface area contributed by atoms with Crippen LogP contribution in [0.15, 0.2) is 0 Å². The summed E-state index contributed by atoms with van der Waals surface area (Å²) in [5.41, 5.74) is 0. The Kier molecular flexibility index (Phi) is 6.32. The van der Waals surface area contributed by atoms with Gasteiger partial charge in [-0.15, -0.1) is 0 Å². The number of hydrogen-bond donors (Lipinski definition) is 1. The molecular weight excluding hydrogens is 200 g/mol. The summed E-state index contributed by atoms with van der Waals surface area (Å²) < 4.78 is 5.53. The van der Waals surface area contributed by atoms with Crippen LogP contribution < -0.4 is 5.32 Å². The molecule has 0 amide bonds. The molecule has 1 aliphatic heterocycles. The van der Waals surface area contributed by atoms with Crippen molar-refractivity contribution in [3.8, 4) is 0 Å². The van der Waals surface area contributed by atoms with Crippen LogP contribution in [-0.2, 0) is 4.74 Å². The van der Waals surface area contributed by atoms with Gasteiger partial charge in [0.05, 0.1) is 12.7 Å². The molecule has 1 N–H and O–H groups in total. The third kappa shape index (κ3) is 4.81. The molecule has 1 heterocycles. The molecule has 96 valence electrons. The zero-order valence-electron chi connectivity index (χ0n) is 11.3. The molecule has 0 aliphatic carbocycles. The fraction of sp³-hybridized carbons (Fsp3) is 1.00. The third-order valence-corrected chi connectivity index (χ3v) is 3.41. The molecule has 0 bridgehead atoms. The monoisotopic (exact) mass is 228 g/mol. The largest absolute Gasteiger partial charge is 0.377 e.